The number of aryl methyl sites for hydroxylation is 1. The zero-order valence-electron chi connectivity index (χ0n) is 15.0. The third-order valence-electron chi connectivity index (χ3n) is 3.44. The van der Waals surface area contributed by atoms with Crippen LogP contribution in [0.15, 0.2) is 17.0 Å². The average molecular weight is 431 g/mol. The van der Waals surface area contributed by atoms with Crippen molar-refractivity contribution in [1.29, 1.82) is 0 Å². The first-order valence-corrected chi connectivity index (χ1v) is 9.83. The van der Waals surface area contributed by atoms with Crippen LogP contribution in [-0.4, -0.2) is 64.3 Å². The number of alkyl halides is 3. The first-order chi connectivity index (χ1) is 12.9. The van der Waals surface area contributed by atoms with Crippen LogP contribution in [0.3, 0.4) is 0 Å². The summed E-state index contributed by atoms with van der Waals surface area (Å²) in [5.41, 5.74) is 0.228. The Balaban J connectivity index is 2.19. The fourth-order valence-electron chi connectivity index (χ4n) is 2.10. The SMILES string of the molecule is Cc1cc(O)c(F)cc1S(=O)(=O)CCCOCCOCCNC(=O)C(F)(F)F. The van der Waals surface area contributed by atoms with Gasteiger partial charge in [-0.25, -0.2) is 12.8 Å². The maximum absolute atomic E-state index is 13.4. The molecular weight excluding hydrogens is 410 g/mol. The number of benzene rings is 1. The Bertz CT molecular complexity index is 767. The van der Waals surface area contributed by atoms with Crippen molar-refractivity contribution in [2.45, 2.75) is 24.4 Å². The highest BCUT2D eigenvalue weighted by Gasteiger charge is 2.38. The highest BCUT2D eigenvalue weighted by molar-refractivity contribution is 7.91. The molecule has 2 N–H and O–H groups in total. The fraction of sp³-hybridized carbons (Fsp3) is 0.562. The first kappa shape index (κ1) is 24.1. The van der Waals surface area contributed by atoms with Gasteiger partial charge in [0.2, 0.25) is 0 Å². The van der Waals surface area contributed by atoms with Gasteiger partial charge in [0, 0.05) is 13.2 Å². The minimum Gasteiger partial charge on any atom is -0.505 e. The van der Waals surface area contributed by atoms with E-state index in [2.05, 4.69) is 0 Å². The van der Waals surface area contributed by atoms with Crippen molar-refractivity contribution < 1.29 is 45.4 Å². The molecule has 0 bridgehead atoms. The maximum Gasteiger partial charge on any atom is 0.471 e. The van der Waals surface area contributed by atoms with E-state index in [1.54, 1.807) is 5.32 Å². The van der Waals surface area contributed by atoms with Gasteiger partial charge in [-0.05, 0) is 31.0 Å². The smallest absolute Gasteiger partial charge is 0.471 e. The number of phenolic OH excluding ortho intramolecular Hbond substituents is 1. The molecule has 160 valence electrons. The van der Waals surface area contributed by atoms with E-state index in [-0.39, 0.29) is 55.6 Å². The molecule has 0 saturated carbocycles. The zero-order valence-corrected chi connectivity index (χ0v) is 15.8. The van der Waals surface area contributed by atoms with Crippen LogP contribution in [0.1, 0.15) is 12.0 Å². The number of carbonyl (C=O) groups excluding carboxylic acids is 1. The molecule has 12 heteroatoms. The Morgan fingerprint density at radius 2 is 1.75 bits per heavy atom. The molecule has 1 amide bonds. The number of ether oxygens (including phenoxy) is 2. The molecule has 1 aromatic rings. The molecule has 0 aliphatic carbocycles. The molecule has 0 saturated heterocycles. The van der Waals surface area contributed by atoms with E-state index >= 15 is 0 Å². The van der Waals surface area contributed by atoms with Crippen molar-refractivity contribution in [3.63, 3.8) is 0 Å². The lowest BCUT2D eigenvalue weighted by molar-refractivity contribution is -0.173. The van der Waals surface area contributed by atoms with E-state index in [1.165, 1.54) is 6.92 Å². The van der Waals surface area contributed by atoms with Gasteiger partial charge in [-0.15, -0.1) is 0 Å². The molecule has 0 spiro atoms. The molecule has 1 rings (SSSR count). The van der Waals surface area contributed by atoms with Gasteiger partial charge in [0.1, 0.15) is 0 Å². The molecule has 0 atom stereocenters. The number of hydrogen-bond donors (Lipinski definition) is 2. The summed E-state index contributed by atoms with van der Waals surface area (Å²) in [6.07, 6.45) is -4.81. The van der Waals surface area contributed by atoms with Gasteiger partial charge in [-0.2, -0.15) is 13.2 Å². The van der Waals surface area contributed by atoms with Gasteiger partial charge in [-0.3, -0.25) is 4.79 Å². The van der Waals surface area contributed by atoms with Gasteiger partial charge in [0.05, 0.1) is 30.5 Å². The molecular formula is C16H21F4NO6S. The van der Waals surface area contributed by atoms with Gasteiger partial charge in [-0.1, -0.05) is 0 Å². The minimum atomic E-state index is -4.94. The second-order valence-corrected chi connectivity index (χ2v) is 7.80. The summed E-state index contributed by atoms with van der Waals surface area (Å²) in [6, 6.07) is 1.81. The van der Waals surface area contributed by atoms with E-state index in [0.717, 1.165) is 12.1 Å². The van der Waals surface area contributed by atoms with Crippen LogP contribution in [0.5, 0.6) is 5.75 Å². The van der Waals surface area contributed by atoms with Gasteiger partial charge < -0.3 is 19.9 Å². The molecule has 1 aromatic carbocycles. The molecule has 0 heterocycles. The second kappa shape index (κ2) is 10.6. The second-order valence-electron chi connectivity index (χ2n) is 5.72. The Morgan fingerprint density at radius 3 is 2.36 bits per heavy atom. The summed E-state index contributed by atoms with van der Waals surface area (Å²) < 4.78 is 83.6. The summed E-state index contributed by atoms with van der Waals surface area (Å²) in [6.45, 7) is 1.21. The van der Waals surface area contributed by atoms with E-state index < -0.39 is 33.5 Å². The first-order valence-electron chi connectivity index (χ1n) is 8.17. The number of amides is 1. The fourth-order valence-corrected chi connectivity index (χ4v) is 3.65. The highest BCUT2D eigenvalue weighted by atomic mass is 32.2. The number of halogens is 4. The number of nitrogens with one attached hydrogen (secondary N) is 1. The van der Waals surface area contributed by atoms with Crippen LogP contribution in [0.2, 0.25) is 0 Å². The Morgan fingerprint density at radius 1 is 1.14 bits per heavy atom. The van der Waals surface area contributed by atoms with Crippen LogP contribution in [-0.2, 0) is 24.1 Å². The van der Waals surface area contributed by atoms with Gasteiger partial charge >= 0.3 is 12.1 Å². The molecule has 7 nitrogen and oxygen atoms in total. The molecule has 0 aliphatic heterocycles. The van der Waals surface area contributed by atoms with E-state index in [1.807, 2.05) is 0 Å². The Kier molecular flexibility index (Phi) is 9.11. The molecule has 0 aromatic heterocycles. The number of rotatable bonds is 11. The summed E-state index contributed by atoms with van der Waals surface area (Å²) in [4.78, 5) is 10.3. The third kappa shape index (κ3) is 7.98. The molecule has 0 radical (unpaired) electrons. The summed E-state index contributed by atoms with van der Waals surface area (Å²) in [5.74, 6) is -3.98. The molecule has 0 unspecified atom stereocenters. The van der Waals surface area contributed by atoms with Crippen LogP contribution < -0.4 is 5.32 Å². The number of aromatic hydroxyl groups is 1. The maximum atomic E-state index is 13.4. The summed E-state index contributed by atoms with van der Waals surface area (Å²) in [5, 5.41) is 10.9. The van der Waals surface area contributed by atoms with Gasteiger partial charge in [0.15, 0.2) is 21.4 Å². The molecule has 0 fully saturated rings. The Labute approximate surface area is 159 Å². The number of phenols is 1. The van der Waals surface area contributed by atoms with Gasteiger partial charge in [0.25, 0.3) is 0 Å². The quantitative estimate of drug-likeness (QED) is 0.409. The number of carbonyl (C=O) groups is 1. The number of sulfone groups is 1. The predicted octanol–water partition coefficient (Wildman–Crippen LogP) is 1.72. The van der Waals surface area contributed by atoms with Crippen molar-refractivity contribution in [3.8, 4) is 5.75 Å². The predicted molar refractivity (Wildman–Crippen MR) is 90.2 cm³/mol. The number of hydrogen-bond acceptors (Lipinski definition) is 6. The van der Waals surface area contributed by atoms with Crippen LogP contribution in [0.4, 0.5) is 17.6 Å². The van der Waals surface area contributed by atoms with Crippen LogP contribution in [0.25, 0.3) is 0 Å². The lowest BCUT2D eigenvalue weighted by Gasteiger charge is -2.10. The van der Waals surface area contributed by atoms with Crippen molar-refractivity contribution in [2.75, 3.05) is 38.7 Å². The topological polar surface area (TPSA) is 102 Å². The van der Waals surface area contributed by atoms with E-state index in [4.69, 9.17) is 9.47 Å². The highest BCUT2D eigenvalue weighted by Crippen LogP contribution is 2.25. The third-order valence-corrected chi connectivity index (χ3v) is 5.38. The summed E-state index contributed by atoms with van der Waals surface area (Å²) >= 11 is 0. The lowest BCUT2D eigenvalue weighted by Crippen LogP contribution is -2.38. The van der Waals surface area contributed by atoms with E-state index in [0.29, 0.717) is 0 Å². The largest absolute Gasteiger partial charge is 0.505 e. The van der Waals surface area contributed by atoms with E-state index in [9.17, 15) is 35.9 Å². The standard InChI is InChI=1S/C16H21F4NO6S/c1-11-9-13(22)12(17)10-14(11)28(24,25)8-2-4-26-6-7-27-5-3-21-15(23)16(18,19)20/h9-10,22H,2-8H2,1H3,(H,21,23). The lowest BCUT2D eigenvalue weighted by atomic mass is 10.2. The van der Waals surface area contributed by atoms with Crippen molar-refractivity contribution >= 4 is 15.7 Å². The van der Waals surface area contributed by atoms with Crippen molar-refractivity contribution in [2.24, 2.45) is 0 Å². The Hall–Kier alpha value is -1.92. The monoisotopic (exact) mass is 431 g/mol. The average Bonchev–Trinajstić information content (AvgIpc) is 2.58. The normalized spacial score (nSPS) is 12.2. The van der Waals surface area contributed by atoms with Crippen LogP contribution >= 0.6 is 0 Å². The minimum absolute atomic E-state index is 0.0525. The summed E-state index contributed by atoms with van der Waals surface area (Å²) in [7, 11) is -3.75. The zero-order chi connectivity index (χ0) is 21.4. The molecule has 28 heavy (non-hydrogen) atoms. The van der Waals surface area contributed by atoms with Crippen molar-refractivity contribution in [3.05, 3.63) is 23.5 Å². The van der Waals surface area contributed by atoms with Crippen molar-refractivity contribution in [1.82, 2.24) is 5.32 Å². The molecule has 0 aliphatic rings. The van der Waals surface area contributed by atoms with Crippen LogP contribution in [0, 0.1) is 12.7 Å².